The zero-order valence-electron chi connectivity index (χ0n) is 15.4. The lowest BCUT2D eigenvalue weighted by Gasteiger charge is -2.34. The summed E-state index contributed by atoms with van der Waals surface area (Å²) in [6.45, 7) is 1.21. The Balaban J connectivity index is 1.45. The second kappa shape index (κ2) is 8.36. The van der Waals surface area contributed by atoms with Crippen molar-refractivity contribution in [1.29, 1.82) is 0 Å². The molecular weight excluding hydrogens is 375 g/mol. The van der Waals surface area contributed by atoms with Crippen LogP contribution in [0, 0.1) is 11.8 Å². The van der Waals surface area contributed by atoms with Gasteiger partial charge in [-0.1, -0.05) is 0 Å². The molecule has 0 spiro atoms. The molecular formula is C19H24F3N3O3. The molecule has 0 aromatic carbocycles. The molecule has 154 valence electrons. The van der Waals surface area contributed by atoms with Gasteiger partial charge in [0.15, 0.2) is 0 Å². The molecule has 1 amide bonds. The number of carbonyl (C=O) groups excluding carboxylic acids is 1. The van der Waals surface area contributed by atoms with E-state index in [0.29, 0.717) is 57.4 Å². The average Bonchev–Trinajstić information content (AvgIpc) is 2.68. The number of carbonyl (C=O) groups is 2. The van der Waals surface area contributed by atoms with Crippen molar-refractivity contribution in [1.82, 2.24) is 10.3 Å². The summed E-state index contributed by atoms with van der Waals surface area (Å²) in [6.07, 6.45) is 0.0893. The number of nitrogens with one attached hydrogen (secondary N) is 1. The number of amides is 1. The van der Waals surface area contributed by atoms with Crippen LogP contribution in [0.25, 0.3) is 0 Å². The number of anilines is 1. The number of piperidine rings is 1. The van der Waals surface area contributed by atoms with Crippen molar-refractivity contribution in [2.75, 3.05) is 18.0 Å². The summed E-state index contributed by atoms with van der Waals surface area (Å²) in [5.41, 5.74) is -0.768. The summed E-state index contributed by atoms with van der Waals surface area (Å²) in [4.78, 5) is 29.3. The predicted molar refractivity (Wildman–Crippen MR) is 95.7 cm³/mol. The first-order valence-electron chi connectivity index (χ1n) is 9.55. The third-order valence-electron chi connectivity index (χ3n) is 5.69. The Bertz CT molecular complexity index is 693. The van der Waals surface area contributed by atoms with Crippen molar-refractivity contribution in [3.05, 3.63) is 23.9 Å². The smallest absolute Gasteiger partial charge is 0.417 e. The molecule has 1 saturated heterocycles. The van der Waals surface area contributed by atoms with Crippen LogP contribution in [-0.4, -0.2) is 41.1 Å². The molecule has 2 heterocycles. The van der Waals surface area contributed by atoms with Gasteiger partial charge in [0.05, 0.1) is 11.5 Å². The van der Waals surface area contributed by atoms with Gasteiger partial charge in [-0.05, 0) is 50.7 Å². The third-order valence-corrected chi connectivity index (χ3v) is 5.69. The molecule has 1 aromatic heterocycles. The van der Waals surface area contributed by atoms with E-state index in [4.69, 9.17) is 5.11 Å². The lowest BCUT2D eigenvalue weighted by molar-refractivity contribution is -0.144. The summed E-state index contributed by atoms with van der Waals surface area (Å²) >= 11 is 0. The molecule has 0 radical (unpaired) electrons. The van der Waals surface area contributed by atoms with Crippen molar-refractivity contribution < 1.29 is 27.9 Å². The molecule has 1 aromatic rings. The first-order valence-corrected chi connectivity index (χ1v) is 9.55. The fourth-order valence-electron chi connectivity index (χ4n) is 3.92. The quantitative estimate of drug-likeness (QED) is 0.813. The topological polar surface area (TPSA) is 82.5 Å². The molecule has 6 nitrogen and oxygen atoms in total. The minimum absolute atomic E-state index is 0.0186. The van der Waals surface area contributed by atoms with Gasteiger partial charge in [0.1, 0.15) is 5.82 Å². The molecule has 3 rings (SSSR count). The molecule has 0 bridgehead atoms. The summed E-state index contributed by atoms with van der Waals surface area (Å²) in [6, 6.07) is 2.43. The molecule has 0 unspecified atom stereocenters. The molecule has 9 heteroatoms. The Morgan fingerprint density at radius 2 is 1.64 bits per heavy atom. The van der Waals surface area contributed by atoms with Crippen LogP contribution < -0.4 is 10.2 Å². The third kappa shape index (κ3) is 4.94. The minimum Gasteiger partial charge on any atom is -0.481 e. The van der Waals surface area contributed by atoms with Gasteiger partial charge >= 0.3 is 12.1 Å². The number of pyridine rings is 1. The monoisotopic (exact) mass is 399 g/mol. The number of nitrogens with zero attached hydrogens (tertiary/aromatic N) is 2. The molecule has 0 atom stereocenters. The highest BCUT2D eigenvalue weighted by molar-refractivity contribution is 5.79. The highest BCUT2D eigenvalue weighted by Crippen LogP contribution is 2.31. The lowest BCUT2D eigenvalue weighted by Crippen LogP contribution is -2.47. The standard InChI is InChI=1S/C19H24F3N3O3/c20-19(21,22)14-5-6-16(23-11-14)25-9-7-15(8-10-25)24-17(26)12-1-3-13(4-2-12)18(27)28/h5-6,11-13,15H,1-4,7-10H2,(H,24,26)(H,27,28). The van der Waals surface area contributed by atoms with Crippen molar-refractivity contribution >= 4 is 17.7 Å². The van der Waals surface area contributed by atoms with Crippen LogP contribution in [0.5, 0.6) is 0 Å². The van der Waals surface area contributed by atoms with Gasteiger partial charge in [0.25, 0.3) is 0 Å². The van der Waals surface area contributed by atoms with E-state index < -0.39 is 17.7 Å². The van der Waals surface area contributed by atoms with Gasteiger partial charge in [-0.2, -0.15) is 13.2 Å². The summed E-state index contributed by atoms with van der Waals surface area (Å²) < 4.78 is 37.9. The number of halogens is 3. The largest absolute Gasteiger partial charge is 0.481 e. The van der Waals surface area contributed by atoms with Gasteiger partial charge in [-0.15, -0.1) is 0 Å². The molecule has 1 saturated carbocycles. The van der Waals surface area contributed by atoms with Gasteiger partial charge in [0, 0.05) is 31.2 Å². The lowest BCUT2D eigenvalue weighted by atomic mass is 9.81. The molecule has 1 aliphatic carbocycles. The Morgan fingerprint density at radius 3 is 2.14 bits per heavy atom. The average molecular weight is 399 g/mol. The van der Waals surface area contributed by atoms with Gasteiger partial charge in [0.2, 0.25) is 5.91 Å². The maximum absolute atomic E-state index is 12.6. The van der Waals surface area contributed by atoms with E-state index in [1.165, 1.54) is 6.07 Å². The minimum atomic E-state index is -4.40. The molecule has 2 fully saturated rings. The predicted octanol–water partition coefficient (Wildman–Crippen LogP) is 3.08. The number of aliphatic carboxylic acids is 1. The zero-order valence-corrected chi connectivity index (χ0v) is 15.4. The summed E-state index contributed by atoms with van der Waals surface area (Å²) in [5.74, 6) is -0.781. The normalized spacial score (nSPS) is 24.0. The SMILES string of the molecule is O=C(O)C1CCC(C(=O)NC2CCN(c3ccc(C(F)(F)F)cn3)CC2)CC1. The Hall–Kier alpha value is -2.32. The summed E-state index contributed by atoms with van der Waals surface area (Å²) in [7, 11) is 0. The second-order valence-corrected chi connectivity index (χ2v) is 7.56. The maximum Gasteiger partial charge on any atom is 0.417 e. The Labute approximate surface area is 161 Å². The van der Waals surface area contributed by atoms with Crippen LogP contribution in [0.3, 0.4) is 0 Å². The van der Waals surface area contributed by atoms with E-state index in [9.17, 15) is 22.8 Å². The van der Waals surface area contributed by atoms with E-state index in [-0.39, 0.29) is 23.8 Å². The number of alkyl halides is 3. The van der Waals surface area contributed by atoms with Crippen LogP contribution >= 0.6 is 0 Å². The van der Waals surface area contributed by atoms with Crippen LogP contribution in [0.1, 0.15) is 44.1 Å². The molecule has 2 aliphatic rings. The fourth-order valence-corrected chi connectivity index (χ4v) is 3.92. The molecule has 28 heavy (non-hydrogen) atoms. The van der Waals surface area contributed by atoms with Crippen LogP contribution in [0.4, 0.5) is 19.0 Å². The number of hydrogen-bond acceptors (Lipinski definition) is 4. The maximum atomic E-state index is 12.6. The number of carboxylic acid groups (broad SMARTS) is 1. The number of aromatic nitrogens is 1. The van der Waals surface area contributed by atoms with Gasteiger partial charge in [-0.3, -0.25) is 9.59 Å². The first-order chi connectivity index (χ1) is 13.2. The van der Waals surface area contributed by atoms with Crippen molar-refractivity contribution in [2.24, 2.45) is 11.8 Å². The van der Waals surface area contributed by atoms with Gasteiger partial charge in [-0.25, -0.2) is 4.98 Å². The first kappa shape index (κ1) is 20.4. The Kier molecular flexibility index (Phi) is 6.10. The fraction of sp³-hybridized carbons (Fsp3) is 0.632. The zero-order chi connectivity index (χ0) is 20.3. The Morgan fingerprint density at radius 1 is 1.04 bits per heavy atom. The van der Waals surface area contributed by atoms with E-state index in [1.54, 1.807) is 0 Å². The second-order valence-electron chi connectivity index (χ2n) is 7.56. The van der Waals surface area contributed by atoms with Crippen molar-refractivity contribution in [3.8, 4) is 0 Å². The highest BCUT2D eigenvalue weighted by atomic mass is 19.4. The van der Waals surface area contributed by atoms with Crippen molar-refractivity contribution in [3.63, 3.8) is 0 Å². The van der Waals surface area contributed by atoms with E-state index in [0.717, 1.165) is 12.3 Å². The molecule has 2 N–H and O–H groups in total. The van der Waals surface area contributed by atoms with Crippen LogP contribution in [0.2, 0.25) is 0 Å². The van der Waals surface area contributed by atoms with Crippen LogP contribution in [0.15, 0.2) is 18.3 Å². The van der Waals surface area contributed by atoms with E-state index in [1.807, 2.05) is 4.90 Å². The number of carboxylic acids is 1. The number of hydrogen-bond donors (Lipinski definition) is 2. The van der Waals surface area contributed by atoms with Crippen LogP contribution in [-0.2, 0) is 15.8 Å². The number of rotatable bonds is 4. The highest BCUT2D eigenvalue weighted by Gasteiger charge is 2.32. The van der Waals surface area contributed by atoms with Gasteiger partial charge < -0.3 is 15.3 Å². The van der Waals surface area contributed by atoms with Crippen molar-refractivity contribution in [2.45, 2.75) is 50.7 Å². The molecule has 1 aliphatic heterocycles. The van der Waals surface area contributed by atoms with E-state index >= 15 is 0 Å². The summed E-state index contributed by atoms with van der Waals surface area (Å²) in [5, 5.41) is 12.1. The van der Waals surface area contributed by atoms with E-state index in [2.05, 4.69) is 10.3 Å².